The Kier molecular flexibility index (Phi) is 5.98. The predicted octanol–water partition coefficient (Wildman–Crippen LogP) is 3.53. The lowest BCUT2D eigenvalue weighted by Gasteiger charge is -2.17. The average Bonchev–Trinajstić information content (AvgIpc) is 2.50. The highest BCUT2D eigenvalue weighted by Crippen LogP contribution is 2.22. The van der Waals surface area contributed by atoms with Gasteiger partial charge in [-0.2, -0.15) is 0 Å². The summed E-state index contributed by atoms with van der Waals surface area (Å²) in [5.74, 6) is 0.593. The molecule has 0 aliphatic carbocycles. The lowest BCUT2D eigenvalue weighted by molar-refractivity contribution is -0.117. The van der Waals surface area contributed by atoms with Crippen LogP contribution in [-0.4, -0.2) is 31.5 Å². The summed E-state index contributed by atoms with van der Waals surface area (Å²) in [6.07, 6.45) is 0. The van der Waals surface area contributed by atoms with E-state index in [1.165, 1.54) is 0 Å². The molecule has 0 aromatic heterocycles. The zero-order chi connectivity index (χ0) is 15.9. The Balaban J connectivity index is 1.89. The fraction of sp³-hybridized carbons (Fsp3) is 0.235. The summed E-state index contributed by atoms with van der Waals surface area (Å²) in [5, 5.41) is 2.87. The Bertz CT molecular complexity index is 629. The van der Waals surface area contributed by atoms with Crippen LogP contribution in [0.5, 0.6) is 5.75 Å². The predicted molar refractivity (Wildman–Crippen MR) is 92.1 cm³/mol. The van der Waals surface area contributed by atoms with Crippen LogP contribution in [0.15, 0.2) is 53.0 Å². The van der Waals surface area contributed by atoms with Crippen LogP contribution in [0, 0.1) is 0 Å². The maximum absolute atomic E-state index is 12.1. The zero-order valence-corrected chi connectivity index (χ0v) is 14.3. The van der Waals surface area contributed by atoms with Crippen molar-refractivity contribution in [3.05, 3.63) is 58.6 Å². The Morgan fingerprint density at radius 2 is 1.86 bits per heavy atom. The Labute approximate surface area is 139 Å². The number of hydrogen-bond donors (Lipinski definition) is 1. The van der Waals surface area contributed by atoms with Gasteiger partial charge in [0.15, 0.2) is 0 Å². The van der Waals surface area contributed by atoms with E-state index in [4.69, 9.17) is 4.74 Å². The van der Waals surface area contributed by atoms with Gasteiger partial charge in [-0.15, -0.1) is 0 Å². The third-order valence-electron chi connectivity index (χ3n) is 3.16. The SMILES string of the molecule is COc1ccccc1NC(=O)CN(C)Cc1ccc(Br)cc1. The largest absolute Gasteiger partial charge is 0.495 e. The fourth-order valence-electron chi connectivity index (χ4n) is 2.14. The fourth-order valence-corrected chi connectivity index (χ4v) is 2.40. The van der Waals surface area contributed by atoms with Gasteiger partial charge in [-0.05, 0) is 36.9 Å². The van der Waals surface area contributed by atoms with E-state index in [1.807, 2.05) is 60.5 Å². The average molecular weight is 363 g/mol. The molecular weight excluding hydrogens is 344 g/mol. The molecule has 1 amide bonds. The highest BCUT2D eigenvalue weighted by Gasteiger charge is 2.10. The Morgan fingerprint density at radius 1 is 1.18 bits per heavy atom. The molecule has 0 fully saturated rings. The topological polar surface area (TPSA) is 41.6 Å². The maximum Gasteiger partial charge on any atom is 0.238 e. The highest BCUT2D eigenvalue weighted by atomic mass is 79.9. The van der Waals surface area contributed by atoms with E-state index < -0.39 is 0 Å². The van der Waals surface area contributed by atoms with Crippen LogP contribution in [0.25, 0.3) is 0 Å². The molecule has 0 saturated carbocycles. The van der Waals surface area contributed by atoms with Crippen molar-refractivity contribution in [1.29, 1.82) is 0 Å². The molecule has 0 radical (unpaired) electrons. The second-order valence-electron chi connectivity index (χ2n) is 5.05. The quantitative estimate of drug-likeness (QED) is 0.854. The van der Waals surface area contributed by atoms with Crippen molar-refractivity contribution < 1.29 is 9.53 Å². The highest BCUT2D eigenvalue weighted by molar-refractivity contribution is 9.10. The molecule has 2 rings (SSSR count). The third-order valence-corrected chi connectivity index (χ3v) is 3.69. The van der Waals surface area contributed by atoms with Gasteiger partial charge in [0, 0.05) is 11.0 Å². The molecule has 0 unspecified atom stereocenters. The number of rotatable bonds is 6. The summed E-state index contributed by atoms with van der Waals surface area (Å²) in [6, 6.07) is 15.5. The van der Waals surface area contributed by atoms with Gasteiger partial charge in [-0.1, -0.05) is 40.2 Å². The number of carbonyl (C=O) groups is 1. The van der Waals surface area contributed by atoms with E-state index in [1.54, 1.807) is 7.11 Å². The lowest BCUT2D eigenvalue weighted by atomic mass is 10.2. The number of halogens is 1. The molecule has 1 N–H and O–H groups in total. The Morgan fingerprint density at radius 3 is 2.55 bits per heavy atom. The third kappa shape index (κ3) is 4.86. The monoisotopic (exact) mass is 362 g/mol. The molecule has 0 saturated heterocycles. The minimum Gasteiger partial charge on any atom is -0.495 e. The van der Waals surface area contributed by atoms with Gasteiger partial charge >= 0.3 is 0 Å². The van der Waals surface area contributed by atoms with Gasteiger partial charge in [0.05, 0.1) is 19.3 Å². The normalized spacial score (nSPS) is 10.5. The Hall–Kier alpha value is -1.85. The van der Waals surface area contributed by atoms with Crippen LogP contribution in [0.1, 0.15) is 5.56 Å². The van der Waals surface area contributed by atoms with Crippen molar-refractivity contribution in [3.8, 4) is 5.75 Å². The second-order valence-corrected chi connectivity index (χ2v) is 5.96. The van der Waals surface area contributed by atoms with E-state index >= 15 is 0 Å². The minimum absolute atomic E-state index is 0.0656. The first-order valence-electron chi connectivity index (χ1n) is 6.94. The van der Waals surface area contributed by atoms with Gasteiger partial charge in [-0.25, -0.2) is 0 Å². The molecule has 0 aliphatic heterocycles. The van der Waals surface area contributed by atoms with Crippen LogP contribution >= 0.6 is 15.9 Å². The summed E-state index contributed by atoms with van der Waals surface area (Å²) in [5.41, 5.74) is 1.85. The number of ether oxygens (including phenoxy) is 1. The standard InChI is InChI=1S/C17H19BrN2O2/c1-20(11-13-7-9-14(18)10-8-13)12-17(21)19-15-5-3-4-6-16(15)22-2/h3-10H,11-12H2,1-2H3,(H,19,21). The van der Waals surface area contributed by atoms with Crippen molar-refractivity contribution in [2.24, 2.45) is 0 Å². The number of nitrogens with zero attached hydrogens (tertiary/aromatic N) is 1. The molecule has 0 spiro atoms. The second kappa shape index (κ2) is 7.96. The molecule has 0 aliphatic rings. The van der Waals surface area contributed by atoms with Gasteiger partial charge in [0.25, 0.3) is 0 Å². The number of para-hydroxylation sites is 2. The number of likely N-dealkylation sites (N-methyl/N-ethyl adjacent to an activating group) is 1. The molecule has 5 heteroatoms. The molecule has 0 atom stereocenters. The van der Waals surface area contributed by atoms with E-state index in [2.05, 4.69) is 21.2 Å². The molecule has 22 heavy (non-hydrogen) atoms. The van der Waals surface area contributed by atoms with Crippen LogP contribution in [0.4, 0.5) is 5.69 Å². The number of nitrogens with one attached hydrogen (secondary N) is 1. The van der Waals surface area contributed by atoms with Gasteiger partial charge in [0.2, 0.25) is 5.91 Å². The number of anilines is 1. The van der Waals surface area contributed by atoms with Crippen LogP contribution in [-0.2, 0) is 11.3 Å². The number of methoxy groups -OCH3 is 1. The molecule has 4 nitrogen and oxygen atoms in total. The first kappa shape index (κ1) is 16.5. The molecular formula is C17H19BrN2O2. The van der Waals surface area contributed by atoms with Crippen LogP contribution < -0.4 is 10.1 Å². The summed E-state index contributed by atoms with van der Waals surface area (Å²) in [6.45, 7) is 1.03. The number of benzene rings is 2. The van der Waals surface area contributed by atoms with Crippen molar-refractivity contribution in [2.75, 3.05) is 26.0 Å². The number of carbonyl (C=O) groups excluding carboxylic acids is 1. The first-order chi connectivity index (χ1) is 10.6. The summed E-state index contributed by atoms with van der Waals surface area (Å²) >= 11 is 3.41. The molecule has 116 valence electrons. The van der Waals surface area contributed by atoms with Gasteiger partial charge in [-0.3, -0.25) is 9.69 Å². The number of amides is 1. The smallest absolute Gasteiger partial charge is 0.238 e. The van der Waals surface area contributed by atoms with E-state index in [0.717, 1.165) is 10.0 Å². The summed E-state index contributed by atoms with van der Waals surface area (Å²) in [4.78, 5) is 14.1. The minimum atomic E-state index is -0.0656. The van der Waals surface area contributed by atoms with Crippen molar-refractivity contribution in [2.45, 2.75) is 6.54 Å². The molecule has 2 aromatic carbocycles. The molecule has 0 bridgehead atoms. The first-order valence-corrected chi connectivity index (χ1v) is 7.73. The van der Waals surface area contributed by atoms with Crippen molar-refractivity contribution >= 4 is 27.5 Å². The van der Waals surface area contributed by atoms with Crippen LogP contribution in [0.2, 0.25) is 0 Å². The molecule has 0 heterocycles. The summed E-state index contributed by atoms with van der Waals surface area (Å²) in [7, 11) is 3.51. The van der Waals surface area contributed by atoms with Gasteiger partial charge < -0.3 is 10.1 Å². The number of hydrogen-bond acceptors (Lipinski definition) is 3. The lowest BCUT2D eigenvalue weighted by Crippen LogP contribution is -2.29. The molecule has 2 aromatic rings. The van der Waals surface area contributed by atoms with E-state index in [-0.39, 0.29) is 5.91 Å². The van der Waals surface area contributed by atoms with Crippen molar-refractivity contribution in [1.82, 2.24) is 4.90 Å². The van der Waals surface area contributed by atoms with Crippen molar-refractivity contribution in [3.63, 3.8) is 0 Å². The maximum atomic E-state index is 12.1. The summed E-state index contributed by atoms with van der Waals surface area (Å²) < 4.78 is 6.27. The van der Waals surface area contributed by atoms with E-state index in [0.29, 0.717) is 24.5 Å². The van der Waals surface area contributed by atoms with E-state index in [9.17, 15) is 4.79 Å². The zero-order valence-electron chi connectivity index (χ0n) is 12.7. The van der Waals surface area contributed by atoms with Gasteiger partial charge in [0.1, 0.15) is 5.75 Å². The van der Waals surface area contributed by atoms with Crippen LogP contribution in [0.3, 0.4) is 0 Å².